The van der Waals surface area contributed by atoms with E-state index in [1.54, 1.807) is 25.4 Å². The van der Waals surface area contributed by atoms with Gasteiger partial charge in [-0.3, -0.25) is 0 Å². The van der Waals surface area contributed by atoms with Crippen molar-refractivity contribution in [2.24, 2.45) is 0 Å². The number of benzene rings is 2. The van der Waals surface area contributed by atoms with Crippen molar-refractivity contribution < 1.29 is 18.3 Å². The molecule has 10 heteroatoms. The summed E-state index contributed by atoms with van der Waals surface area (Å²) >= 11 is 0. The van der Waals surface area contributed by atoms with E-state index in [-0.39, 0.29) is 24.1 Å². The molecule has 0 aliphatic heterocycles. The minimum atomic E-state index is -3.63. The van der Waals surface area contributed by atoms with Crippen LogP contribution in [0, 0.1) is 6.92 Å². The zero-order chi connectivity index (χ0) is 24.6. The number of aliphatic hydroxyl groups is 1. The van der Waals surface area contributed by atoms with Crippen LogP contribution in [0.25, 0.3) is 0 Å². The van der Waals surface area contributed by atoms with Gasteiger partial charge in [0.1, 0.15) is 11.6 Å². The predicted molar refractivity (Wildman–Crippen MR) is 133 cm³/mol. The van der Waals surface area contributed by atoms with Crippen LogP contribution < -0.4 is 20.1 Å². The van der Waals surface area contributed by atoms with Crippen LogP contribution >= 0.6 is 0 Å². The van der Waals surface area contributed by atoms with Crippen LogP contribution in [0.15, 0.2) is 59.6 Å². The highest BCUT2D eigenvalue weighted by molar-refractivity contribution is 7.89. The van der Waals surface area contributed by atoms with E-state index in [1.165, 1.54) is 12.1 Å². The topological polar surface area (TPSA) is 125 Å². The fraction of sp³-hybridized carbons (Fsp3) is 0.333. The highest BCUT2D eigenvalue weighted by Crippen LogP contribution is 2.20. The van der Waals surface area contributed by atoms with Crippen molar-refractivity contribution in [3.8, 4) is 5.75 Å². The van der Waals surface area contributed by atoms with E-state index >= 15 is 0 Å². The Bertz CT molecular complexity index is 1160. The lowest BCUT2D eigenvalue weighted by Gasteiger charge is -2.17. The Morgan fingerprint density at radius 1 is 1.09 bits per heavy atom. The molecule has 0 radical (unpaired) electrons. The maximum Gasteiger partial charge on any atom is 0.240 e. The van der Waals surface area contributed by atoms with Gasteiger partial charge < -0.3 is 20.5 Å². The van der Waals surface area contributed by atoms with Crippen molar-refractivity contribution in [1.29, 1.82) is 0 Å². The number of nitrogens with zero attached hydrogens (tertiary/aromatic N) is 2. The molecule has 0 amide bonds. The summed E-state index contributed by atoms with van der Waals surface area (Å²) in [6.45, 7) is 4.16. The van der Waals surface area contributed by atoms with Gasteiger partial charge in [-0.1, -0.05) is 19.1 Å². The van der Waals surface area contributed by atoms with Gasteiger partial charge in [-0.05, 0) is 61.7 Å². The molecule has 0 fully saturated rings. The highest BCUT2D eigenvalue weighted by Gasteiger charge is 2.14. The molecule has 4 N–H and O–H groups in total. The normalized spacial score (nSPS) is 12.2. The van der Waals surface area contributed by atoms with E-state index in [4.69, 9.17) is 4.74 Å². The first-order valence-corrected chi connectivity index (χ1v) is 12.5. The van der Waals surface area contributed by atoms with E-state index in [1.807, 2.05) is 38.1 Å². The first-order valence-electron chi connectivity index (χ1n) is 11.0. The Labute approximate surface area is 200 Å². The Balaban J connectivity index is 1.60. The average Bonchev–Trinajstić information content (AvgIpc) is 2.85. The molecule has 0 aliphatic carbocycles. The minimum absolute atomic E-state index is 0.00672. The van der Waals surface area contributed by atoms with Gasteiger partial charge in [0.05, 0.1) is 24.7 Å². The van der Waals surface area contributed by atoms with Crippen molar-refractivity contribution in [3.05, 3.63) is 65.9 Å². The number of nitrogens with one attached hydrogen (secondary N) is 3. The fourth-order valence-electron chi connectivity index (χ4n) is 3.17. The number of hydrogen-bond acceptors (Lipinski definition) is 8. The zero-order valence-electron chi connectivity index (χ0n) is 19.6. The molecule has 0 bridgehead atoms. The van der Waals surface area contributed by atoms with Gasteiger partial charge in [-0.2, -0.15) is 4.98 Å². The predicted octanol–water partition coefficient (Wildman–Crippen LogP) is 3.24. The van der Waals surface area contributed by atoms with Crippen LogP contribution in [0.3, 0.4) is 0 Å². The summed E-state index contributed by atoms with van der Waals surface area (Å²) < 4.78 is 33.0. The van der Waals surface area contributed by atoms with E-state index in [2.05, 4.69) is 25.3 Å². The van der Waals surface area contributed by atoms with Crippen molar-refractivity contribution in [2.45, 2.75) is 37.6 Å². The molecule has 3 rings (SSSR count). The summed E-state index contributed by atoms with van der Waals surface area (Å²) in [4.78, 5) is 8.93. The van der Waals surface area contributed by atoms with E-state index in [0.29, 0.717) is 23.9 Å². The van der Waals surface area contributed by atoms with Gasteiger partial charge in [-0.15, -0.1) is 0 Å². The number of sulfonamides is 1. The minimum Gasteiger partial charge on any atom is -0.497 e. The van der Waals surface area contributed by atoms with Crippen LogP contribution in [-0.4, -0.2) is 49.8 Å². The summed E-state index contributed by atoms with van der Waals surface area (Å²) in [5.41, 5.74) is 2.53. The van der Waals surface area contributed by atoms with Crippen molar-refractivity contribution in [1.82, 2.24) is 14.7 Å². The van der Waals surface area contributed by atoms with Gasteiger partial charge in [0.2, 0.25) is 16.0 Å². The molecule has 0 aliphatic rings. The summed E-state index contributed by atoms with van der Waals surface area (Å²) in [6, 6.07) is 13.8. The first kappa shape index (κ1) is 25.4. The Hall–Kier alpha value is -3.21. The number of anilines is 3. The van der Waals surface area contributed by atoms with Gasteiger partial charge in [-0.25, -0.2) is 18.1 Å². The standard InChI is InChI=1S/C24H31N5O4S/c1-4-19(16-30)27-23-17(2)15-25-24(29-23)28-20-7-11-22(12-8-20)34(31,32)26-14-13-18-5-9-21(33-3)10-6-18/h5-12,15,19,26,30H,4,13-14,16H2,1-3H3,(H2,25,27,28,29)/t19-/m1/s1. The van der Waals surface area contributed by atoms with E-state index < -0.39 is 10.0 Å². The molecule has 0 spiro atoms. The summed E-state index contributed by atoms with van der Waals surface area (Å²) in [7, 11) is -2.03. The molecule has 2 aromatic carbocycles. The molecule has 182 valence electrons. The average molecular weight is 486 g/mol. The lowest BCUT2D eigenvalue weighted by Crippen LogP contribution is -2.26. The third kappa shape index (κ3) is 6.89. The number of methoxy groups -OCH3 is 1. The largest absolute Gasteiger partial charge is 0.497 e. The summed E-state index contributed by atoms with van der Waals surface area (Å²) in [5.74, 6) is 1.77. The van der Waals surface area contributed by atoms with E-state index in [0.717, 1.165) is 23.3 Å². The molecular weight excluding hydrogens is 454 g/mol. The quantitative estimate of drug-likeness (QED) is 0.308. The van der Waals surface area contributed by atoms with Crippen molar-refractivity contribution >= 4 is 27.5 Å². The highest BCUT2D eigenvalue weighted by atomic mass is 32.2. The molecule has 3 aromatic rings. The molecule has 1 aromatic heterocycles. The second-order valence-electron chi connectivity index (χ2n) is 7.80. The summed E-state index contributed by atoms with van der Waals surface area (Å²) in [5, 5.41) is 15.7. The van der Waals surface area contributed by atoms with Crippen LogP contribution in [0.1, 0.15) is 24.5 Å². The summed E-state index contributed by atoms with van der Waals surface area (Å²) in [6.07, 6.45) is 3.01. The Kier molecular flexibility index (Phi) is 8.80. The molecule has 0 unspecified atom stereocenters. The van der Waals surface area contributed by atoms with Crippen LogP contribution in [-0.2, 0) is 16.4 Å². The number of aliphatic hydroxyl groups excluding tert-OH is 1. The third-order valence-electron chi connectivity index (χ3n) is 5.31. The number of aryl methyl sites for hydroxylation is 1. The monoisotopic (exact) mass is 485 g/mol. The number of ether oxygens (including phenoxy) is 1. The maximum atomic E-state index is 12.6. The third-order valence-corrected chi connectivity index (χ3v) is 6.79. The van der Waals surface area contributed by atoms with Crippen LogP contribution in [0.5, 0.6) is 5.75 Å². The fourth-order valence-corrected chi connectivity index (χ4v) is 4.20. The molecule has 9 nitrogen and oxygen atoms in total. The second-order valence-corrected chi connectivity index (χ2v) is 9.57. The molecule has 1 atom stereocenters. The Morgan fingerprint density at radius 2 is 1.79 bits per heavy atom. The number of hydrogen-bond donors (Lipinski definition) is 4. The molecular formula is C24H31N5O4S. The van der Waals surface area contributed by atoms with E-state index in [9.17, 15) is 13.5 Å². The lowest BCUT2D eigenvalue weighted by molar-refractivity contribution is 0.271. The molecule has 34 heavy (non-hydrogen) atoms. The number of rotatable bonds is 12. The van der Waals surface area contributed by atoms with Crippen molar-refractivity contribution in [2.75, 3.05) is 30.9 Å². The van der Waals surface area contributed by atoms with Crippen molar-refractivity contribution in [3.63, 3.8) is 0 Å². The van der Waals surface area contributed by atoms with Gasteiger partial charge >= 0.3 is 0 Å². The molecule has 0 saturated carbocycles. The van der Waals surface area contributed by atoms with Crippen LogP contribution in [0.2, 0.25) is 0 Å². The maximum absolute atomic E-state index is 12.6. The number of aromatic nitrogens is 2. The van der Waals surface area contributed by atoms with Crippen LogP contribution in [0.4, 0.5) is 17.5 Å². The van der Waals surface area contributed by atoms with Gasteiger partial charge in [0, 0.05) is 24.0 Å². The Morgan fingerprint density at radius 3 is 2.41 bits per heavy atom. The SMILES string of the molecule is CC[C@H](CO)Nc1nc(Nc2ccc(S(=O)(=O)NCCc3ccc(OC)cc3)cc2)ncc1C. The molecule has 1 heterocycles. The second kappa shape index (κ2) is 11.8. The smallest absolute Gasteiger partial charge is 0.240 e. The van der Waals surface area contributed by atoms with Gasteiger partial charge in [0.15, 0.2) is 0 Å². The first-order chi connectivity index (χ1) is 16.3. The lowest BCUT2D eigenvalue weighted by atomic mass is 10.1. The molecule has 0 saturated heterocycles. The van der Waals surface area contributed by atoms with Gasteiger partial charge in [0.25, 0.3) is 0 Å². The zero-order valence-corrected chi connectivity index (χ0v) is 20.4.